The fourth-order valence-corrected chi connectivity index (χ4v) is 10.3. The summed E-state index contributed by atoms with van der Waals surface area (Å²) < 4.78 is 0. The molecule has 1 N–H and O–H groups in total. The highest BCUT2D eigenvalue weighted by molar-refractivity contribution is 8.01. The highest BCUT2D eigenvalue weighted by Gasteiger charge is 2.49. The topological polar surface area (TPSA) is 28.7 Å². The summed E-state index contributed by atoms with van der Waals surface area (Å²) in [5.74, 6) is 0.871. The van der Waals surface area contributed by atoms with Crippen molar-refractivity contribution in [2.45, 2.75) is 0 Å². The second-order valence-corrected chi connectivity index (χ2v) is 13.6. The quantitative estimate of drug-likeness (QED) is 0.198. The van der Waals surface area contributed by atoms with Crippen LogP contribution in [0.3, 0.4) is 0 Å². The molecular formula is C39H30N2P+. The minimum atomic E-state index is -2.32. The summed E-state index contributed by atoms with van der Waals surface area (Å²) in [6.07, 6.45) is 0. The summed E-state index contributed by atoms with van der Waals surface area (Å²) in [7, 11) is -2.32. The van der Waals surface area contributed by atoms with E-state index < -0.39 is 7.26 Å². The van der Waals surface area contributed by atoms with Gasteiger partial charge in [0.1, 0.15) is 34.3 Å². The maximum Gasteiger partial charge on any atom is 0.145 e. The van der Waals surface area contributed by atoms with E-state index in [4.69, 9.17) is 4.98 Å². The predicted octanol–water partition coefficient (Wildman–Crippen LogP) is 8.03. The molecule has 0 atom stereocenters. The summed E-state index contributed by atoms with van der Waals surface area (Å²) in [4.78, 5) is 9.13. The first-order chi connectivity index (χ1) is 20.9. The second-order valence-electron chi connectivity index (χ2n) is 10.2. The molecule has 1 heterocycles. The molecule has 0 aliphatic heterocycles. The highest BCUT2D eigenvalue weighted by atomic mass is 31.2. The van der Waals surface area contributed by atoms with Gasteiger partial charge >= 0.3 is 0 Å². The number of nitrogens with zero attached hydrogens (tertiary/aromatic N) is 1. The van der Waals surface area contributed by atoms with E-state index in [1.54, 1.807) is 0 Å². The minimum Gasteiger partial charge on any atom is -0.337 e. The van der Waals surface area contributed by atoms with Gasteiger partial charge in [-0.05, 0) is 48.5 Å². The first-order valence-corrected chi connectivity index (χ1v) is 16.0. The van der Waals surface area contributed by atoms with Crippen molar-refractivity contribution in [1.29, 1.82) is 0 Å². The van der Waals surface area contributed by atoms with Crippen LogP contribution in [0.1, 0.15) is 0 Å². The number of hydrogen-bond donors (Lipinski definition) is 1. The second kappa shape index (κ2) is 11.4. The van der Waals surface area contributed by atoms with Crippen LogP contribution in [0.2, 0.25) is 0 Å². The first kappa shape index (κ1) is 25.9. The molecule has 1 aromatic heterocycles. The van der Waals surface area contributed by atoms with Crippen molar-refractivity contribution in [2.75, 3.05) is 0 Å². The summed E-state index contributed by atoms with van der Waals surface area (Å²) in [5, 5.41) is 5.22. The Kier molecular flexibility index (Phi) is 7.06. The van der Waals surface area contributed by atoms with Gasteiger partial charge in [0.25, 0.3) is 0 Å². The van der Waals surface area contributed by atoms with E-state index in [-0.39, 0.29) is 0 Å². The van der Waals surface area contributed by atoms with E-state index in [1.165, 1.54) is 21.2 Å². The molecule has 0 radical (unpaired) electrons. The molecule has 7 rings (SSSR count). The van der Waals surface area contributed by atoms with Crippen molar-refractivity contribution in [1.82, 2.24) is 9.97 Å². The van der Waals surface area contributed by atoms with Crippen LogP contribution in [-0.4, -0.2) is 9.97 Å². The third-order valence-corrected chi connectivity index (χ3v) is 12.1. The van der Waals surface area contributed by atoms with Crippen LogP contribution in [0.5, 0.6) is 0 Å². The Morgan fingerprint density at radius 1 is 0.405 bits per heavy atom. The summed E-state index contributed by atoms with van der Waals surface area (Å²) >= 11 is 0. The molecule has 0 unspecified atom stereocenters. The molecule has 2 nitrogen and oxygen atoms in total. The van der Waals surface area contributed by atoms with Crippen LogP contribution in [-0.2, 0) is 0 Å². The number of H-pyrrole nitrogens is 1. The van der Waals surface area contributed by atoms with E-state index >= 15 is 0 Å². The standard InChI is InChI=1S/C39H30N2P/c1-6-18-30(19-7-1)37-38(31-20-8-2-9-21-31)41-39(40-37)35-28-16-17-29-36(35)42(32-22-10-3-11-23-32,33-24-12-4-13-25-33)34-26-14-5-15-27-34/h1-29H,(H,40,41)/q+1. The molecule has 0 saturated heterocycles. The summed E-state index contributed by atoms with van der Waals surface area (Å²) in [6.45, 7) is 0. The summed E-state index contributed by atoms with van der Waals surface area (Å²) in [6, 6.07) is 62.8. The smallest absolute Gasteiger partial charge is 0.145 e. The fraction of sp³-hybridized carbons (Fsp3) is 0. The van der Waals surface area contributed by atoms with Gasteiger partial charge in [0.2, 0.25) is 0 Å². The van der Waals surface area contributed by atoms with Gasteiger partial charge in [-0.15, -0.1) is 0 Å². The molecule has 0 saturated carbocycles. The lowest BCUT2D eigenvalue weighted by Gasteiger charge is -2.29. The molecule has 0 amide bonds. The Labute approximate surface area is 247 Å². The average Bonchev–Trinajstić information content (AvgIpc) is 3.53. The maximum absolute atomic E-state index is 5.34. The average molecular weight is 558 g/mol. The third kappa shape index (κ3) is 4.57. The zero-order valence-electron chi connectivity index (χ0n) is 23.1. The zero-order valence-corrected chi connectivity index (χ0v) is 24.0. The van der Waals surface area contributed by atoms with Crippen molar-refractivity contribution >= 4 is 28.5 Å². The molecule has 0 fully saturated rings. The normalized spacial score (nSPS) is 11.3. The first-order valence-electron chi connectivity index (χ1n) is 14.2. The van der Waals surface area contributed by atoms with Gasteiger partial charge in [-0.1, -0.05) is 127 Å². The molecule has 0 bridgehead atoms. The lowest BCUT2D eigenvalue weighted by molar-refractivity contribution is 1.31. The Morgan fingerprint density at radius 2 is 0.810 bits per heavy atom. The van der Waals surface area contributed by atoms with Crippen LogP contribution in [0.25, 0.3) is 33.9 Å². The van der Waals surface area contributed by atoms with Gasteiger partial charge in [0.15, 0.2) is 0 Å². The lowest BCUT2D eigenvalue weighted by Crippen LogP contribution is -2.39. The zero-order chi connectivity index (χ0) is 28.2. The number of hydrogen-bond acceptors (Lipinski definition) is 1. The number of imidazole rings is 1. The largest absolute Gasteiger partial charge is 0.337 e. The van der Waals surface area contributed by atoms with Crippen LogP contribution < -0.4 is 21.2 Å². The molecular weight excluding hydrogens is 527 g/mol. The van der Waals surface area contributed by atoms with Gasteiger partial charge in [0, 0.05) is 11.1 Å². The van der Waals surface area contributed by atoms with E-state index in [2.05, 4.69) is 175 Å². The molecule has 0 aliphatic carbocycles. The fourth-order valence-electron chi connectivity index (χ4n) is 5.91. The van der Waals surface area contributed by atoms with Crippen molar-refractivity contribution < 1.29 is 0 Å². The Hall–Kier alpha value is -5.04. The van der Waals surface area contributed by atoms with Gasteiger partial charge in [-0.25, -0.2) is 4.98 Å². The van der Waals surface area contributed by atoms with E-state index in [0.29, 0.717) is 0 Å². The van der Waals surface area contributed by atoms with Crippen molar-refractivity contribution in [2.24, 2.45) is 0 Å². The van der Waals surface area contributed by atoms with Crippen molar-refractivity contribution in [3.63, 3.8) is 0 Å². The van der Waals surface area contributed by atoms with Crippen LogP contribution >= 0.6 is 7.26 Å². The van der Waals surface area contributed by atoms with Gasteiger partial charge in [-0.3, -0.25) is 0 Å². The number of nitrogens with one attached hydrogen (secondary N) is 1. The molecule has 42 heavy (non-hydrogen) atoms. The number of benzene rings is 6. The molecule has 0 aliphatic rings. The third-order valence-electron chi connectivity index (χ3n) is 7.76. The van der Waals surface area contributed by atoms with Crippen molar-refractivity contribution in [3.8, 4) is 33.9 Å². The molecule has 3 heteroatoms. The van der Waals surface area contributed by atoms with Gasteiger partial charge in [-0.2, -0.15) is 0 Å². The number of rotatable bonds is 7. The maximum atomic E-state index is 5.34. The Morgan fingerprint density at radius 3 is 1.31 bits per heavy atom. The molecule has 7 aromatic rings. The van der Waals surface area contributed by atoms with E-state index in [1.807, 2.05) is 6.07 Å². The van der Waals surface area contributed by atoms with Crippen molar-refractivity contribution in [3.05, 3.63) is 176 Å². The molecule has 6 aromatic carbocycles. The Bertz CT molecular complexity index is 1750. The van der Waals surface area contributed by atoms with Crippen LogP contribution in [0.15, 0.2) is 176 Å². The van der Waals surface area contributed by atoms with Crippen LogP contribution in [0, 0.1) is 0 Å². The number of aromatic nitrogens is 2. The minimum absolute atomic E-state index is 0.871. The van der Waals surface area contributed by atoms with Crippen LogP contribution in [0.4, 0.5) is 0 Å². The monoisotopic (exact) mass is 557 g/mol. The SMILES string of the molecule is c1ccc(-c2nc(-c3ccccc3[P+](c3ccccc3)(c3ccccc3)c3ccccc3)[nH]c2-c2ccccc2)cc1. The van der Waals surface area contributed by atoms with Gasteiger partial charge < -0.3 is 4.98 Å². The van der Waals surface area contributed by atoms with E-state index in [0.717, 1.165) is 33.9 Å². The predicted molar refractivity (Wildman–Crippen MR) is 180 cm³/mol. The molecule has 200 valence electrons. The summed E-state index contributed by atoms with van der Waals surface area (Å²) in [5.41, 5.74) is 5.29. The van der Waals surface area contributed by atoms with Gasteiger partial charge in [0.05, 0.1) is 17.0 Å². The van der Waals surface area contributed by atoms with E-state index in [9.17, 15) is 0 Å². The Balaban J connectivity index is 1.55. The lowest BCUT2D eigenvalue weighted by atomic mass is 10.1. The molecule has 0 spiro atoms. The number of aromatic amines is 1. The highest BCUT2D eigenvalue weighted by Crippen LogP contribution is 2.56.